The van der Waals surface area contributed by atoms with Crippen molar-refractivity contribution in [3.8, 4) is 0 Å². The fourth-order valence-electron chi connectivity index (χ4n) is 2.82. The zero-order valence-corrected chi connectivity index (χ0v) is 9.80. The monoisotopic (exact) mass is 212 g/mol. The van der Waals surface area contributed by atoms with E-state index in [0.717, 1.165) is 19.7 Å². The first kappa shape index (κ1) is 11.4. The van der Waals surface area contributed by atoms with Gasteiger partial charge in [-0.25, -0.2) is 0 Å². The van der Waals surface area contributed by atoms with Crippen LogP contribution in [0, 0.1) is 5.92 Å². The Morgan fingerprint density at radius 1 is 1.40 bits per heavy atom. The third-order valence-corrected chi connectivity index (χ3v) is 3.92. The molecule has 1 heterocycles. The van der Waals surface area contributed by atoms with E-state index >= 15 is 0 Å². The lowest BCUT2D eigenvalue weighted by molar-refractivity contribution is 0.0202. The van der Waals surface area contributed by atoms with Gasteiger partial charge in [-0.1, -0.05) is 6.42 Å². The van der Waals surface area contributed by atoms with E-state index in [-0.39, 0.29) is 5.60 Å². The van der Waals surface area contributed by atoms with Gasteiger partial charge in [0.15, 0.2) is 0 Å². The van der Waals surface area contributed by atoms with Crippen molar-refractivity contribution in [3.63, 3.8) is 0 Å². The van der Waals surface area contributed by atoms with Crippen molar-refractivity contribution in [3.05, 3.63) is 0 Å². The molecule has 1 saturated carbocycles. The van der Waals surface area contributed by atoms with Crippen LogP contribution in [0.5, 0.6) is 0 Å². The van der Waals surface area contributed by atoms with Crippen LogP contribution in [-0.2, 0) is 4.74 Å². The molecule has 3 N–H and O–H groups in total. The third kappa shape index (κ3) is 2.92. The van der Waals surface area contributed by atoms with E-state index in [2.05, 4.69) is 12.2 Å². The Hall–Kier alpha value is -0.120. The van der Waals surface area contributed by atoms with Crippen molar-refractivity contribution >= 4 is 0 Å². The van der Waals surface area contributed by atoms with Crippen LogP contribution >= 0.6 is 0 Å². The van der Waals surface area contributed by atoms with E-state index < -0.39 is 0 Å². The lowest BCUT2D eigenvalue weighted by atomic mass is 10.0. The highest BCUT2D eigenvalue weighted by atomic mass is 16.5. The predicted octanol–water partition coefficient (Wildman–Crippen LogP) is 1.27. The Morgan fingerprint density at radius 2 is 2.27 bits per heavy atom. The minimum Gasteiger partial charge on any atom is -0.374 e. The predicted molar refractivity (Wildman–Crippen MR) is 61.8 cm³/mol. The minimum absolute atomic E-state index is 0.0860. The molecule has 2 aliphatic rings. The van der Waals surface area contributed by atoms with Crippen molar-refractivity contribution in [1.82, 2.24) is 5.32 Å². The lowest BCUT2D eigenvalue weighted by Gasteiger charge is -2.25. The van der Waals surface area contributed by atoms with Gasteiger partial charge in [-0.15, -0.1) is 0 Å². The van der Waals surface area contributed by atoms with Crippen molar-refractivity contribution in [2.24, 2.45) is 11.7 Å². The molecule has 1 saturated heterocycles. The Bertz CT molecular complexity index is 202. The molecule has 15 heavy (non-hydrogen) atoms. The highest BCUT2D eigenvalue weighted by molar-refractivity contribution is 4.85. The third-order valence-electron chi connectivity index (χ3n) is 3.92. The maximum absolute atomic E-state index is 6.03. The maximum atomic E-state index is 6.03. The van der Waals surface area contributed by atoms with Crippen LogP contribution in [0.1, 0.15) is 39.0 Å². The summed E-state index contributed by atoms with van der Waals surface area (Å²) in [5, 5.41) is 3.54. The summed E-state index contributed by atoms with van der Waals surface area (Å²) < 4.78 is 5.74. The van der Waals surface area contributed by atoms with Crippen molar-refractivity contribution in [1.29, 1.82) is 0 Å². The van der Waals surface area contributed by atoms with E-state index in [4.69, 9.17) is 10.5 Å². The summed E-state index contributed by atoms with van der Waals surface area (Å²) in [5.74, 6) is 0.690. The van der Waals surface area contributed by atoms with E-state index in [0.29, 0.717) is 12.0 Å². The highest BCUT2D eigenvalue weighted by Crippen LogP contribution is 2.25. The van der Waals surface area contributed by atoms with Gasteiger partial charge in [0, 0.05) is 19.2 Å². The van der Waals surface area contributed by atoms with E-state index in [1.165, 1.54) is 32.1 Å². The van der Waals surface area contributed by atoms with Gasteiger partial charge >= 0.3 is 0 Å². The van der Waals surface area contributed by atoms with Gasteiger partial charge in [0.1, 0.15) is 0 Å². The Kier molecular flexibility index (Phi) is 3.65. The first-order chi connectivity index (χ1) is 7.20. The Balaban J connectivity index is 1.65. The molecule has 3 atom stereocenters. The molecule has 88 valence electrons. The molecule has 0 amide bonds. The molecule has 0 aromatic heterocycles. The zero-order valence-electron chi connectivity index (χ0n) is 9.80. The van der Waals surface area contributed by atoms with Gasteiger partial charge < -0.3 is 15.8 Å². The average Bonchev–Trinajstić information content (AvgIpc) is 2.78. The average molecular weight is 212 g/mol. The summed E-state index contributed by atoms with van der Waals surface area (Å²) >= 11 is 0. The lowest BCUT2D eigenvalue weighted by Crippen LogP contribution is -2.41. The van der Waals surface area contributed by atoms with Crippen LogP contribution in [0.2, 0.25) is 0 Å². The molecule has 0 bridgehead atoms. The van der Waals surface area contributed by atoms with Crippen LogP contribution < -0.4 is 11.1 Å². The highest BCUT2D eigenvalue weighted by Gasteiger charge is 2.30. The van der Waals surface area contributed by atoms with Gasteiger partial charge in [-0.2, -0.15) is 0 Å². The number of nitrogens with two attached hydrogens (primary N) is 1. The molecule has 0 spiro atoms. The first-order valence-electron chi connectivity index (χ1n) is 6.30. The molecular formula is C12H24N2O. The molecule has 0 radical (unpaired) electrons. The topological polar surface area (TPSA) is 47.3 Å². The molecule has 3 nitrogen and oxygen atoms in total. The van der Waals surface area contributed by atoms with Crippen LogP contribution in [-0.4, -0.2) is 31.3 Å². The zero-order chi connectivity index (χ0) is 10.7. The SMILES string of the molecule is CC1(CNCC2CCCC2N)CCCO1. The Labute approximate surface area is 92.7 Å². The number of ether oxygens (including phenoxy) is 1. The molecule has 3 heteroatoms. The van der Waals surface area contributed by atoms with Crippen LogP contribution in [0.15, 0.2) is 0 Å². The summed E-state index contributed by atoms with van der Waals surface area (Å²) in [4.78, 5) is 0. The summed E-state index contributed by atoms with van der Waals surface area (Å²) in [6.45, 7) is 5.19. The number of hydrogen-bond acceptors (Lipinski definition) is 3. The van der Waals surface area contributed by atoms with Gasteiger partial charge in [-0.05, 0) is 45.1 Å². The smallest absolute Gasteiger partial charge is 0.0779 e. The quantitative estimate of drug-likeness (QED) is 0.738. The molecule has 3 unspecified atom stereocenters. The molecule has 0 aromatic carbocycles. The van der Waals surface area contributed by atoms with Gasteiger partial charge in [-0.3, -0.25) is 0 Å². The van der Waals surface area contributed by atoms with Crippen LogP contribution in [0.4, 0.5) is 0 Å². The minimum atomic E-state index is 0.0860. The molecule has 2 rings (SSSR count). The number of rotatable bonds is 4. The molecule has 2 fully saturated rings. The largest absolute Gasteiger partial charge is 0.374 e. The number of nitrogens with one attached hydrogen (secondary N) is 1. The second-order valence-corrected chi connectivity index (χ2v) is 5.39. The van der Waals surface area contributed by atoms with Gasteiger partial charge in [0.25, 0.3) is 0 Å². The maximum Gasteiger partial charge on any atom is 0.0779 e. The first-order valence-corrected chi connectivity index (χ1v) is 6.30. The van der Waals surface area contributed by atoms with Crippen LogP contribution in [0.25, 0.3) is 0 Å². The second-order valence-electron chi connectivity index (χ2n) is 5.39. The molecular weight excluding hydrogens is 188 g/mol. The standard InChI is InChI=1S/C12H24N2O/c1-12(6-3-7-15-12)9-14-8-10-4-2-5-11(10)13/h10-11,14H,2-9,13H2,1H3. The van der Waals surface area contributed by atoms with Crippen LogP contribution in [0.3, 0.4) is 0 Å². The van der Waals surface area contributed by atoms with Crippen molar-refractivity contribution in [2.75, 3.05) is 19.7 Å². The summed E-state index contributed by atoms with van der Waals surface area (Å²) in [5.41, 5.74) is 6.12. The molecule has 1 aliphatic heterocycles. The Morgan fingerprint density at radius 3 is 2.87 bits per heavy atom. The summed E-state index contributed by atoms with van der Waals surface area (Å²) in [6, 6.07) is 0.426. The molecule has 1 aliphatic carbocycles. The van der Waals surface area contributed by atoms with E-state index in [1.54, 1.807) is 0 Å². The number of hydrogen-bond donors (Lipinski definition) is 2. The second kappa shape index (κ2) is 4.81. The summed E-state index contributed by atoms with van der Waals surface area (Å²) in [7, 11) is 0. The van der Waals surface area contributed by atoms with Crippen molar-refractivity contribution in [2.45, 2.75) is 50.7 Å². The van der Waals surface area contributed by atoms with E-state index in [1.807, 2.05) is 0 Å². The van der Waals surface area contributed by atoms with E-state index in [9.17, 15) is 0 Å². The van der Waals surface area contributed by atoms with Gasteiger partial charge in [0.05, 0.1) is 5.60 Å². The fraction of sp³-hybridized carbons (Fsp3) is 1.00. The summed E-state index contributed by atoms with van der Waals surface area (Å²) in [6.07, 6.45) is 6.21. The fourth-order valence-corrected chi connectivity index (χ4v) is 2.82. The normalized spacial score (nSPS) is 41.2. The van der Waals surface area contributed by atoms with Gasteiger partial charge in [0.2, 0.25) is 0 Å². The molecule has 0 aromatic rings. The van der Waals surface area contributed by atoms with Crippen molar-refractivity contribution < 1.29 is 4.74 Å².